The average Bonchev–Trinajstić information content (AvgIpc) is 3.90. The Bertz CT molecular complexity index is 3000. The zero-order chi connectivity index (χ0) is 38.4. The second kappa shape index (κ2) is 13.0. The van der Waals surface area contributed by atoms with Crippen molar-refractivity contribution in [1.29, 1.82) is 0 Å². The molecule has 0 aliphatic heterocycles. The number of benzene rings is 8. The first kappa shape index (κ1) is 33.7. The minimum absolute atomic E-state index is 0.473. The van der Waals surface area contributed by atoms with E-state index in [-0.39, 0.29) is 0 Å². The maximum atomic E-state index is 2.43. The van der Waals surface area contributed by atoms with Gasteiger partial charge in [-0.3, -0.25) is 0 Å². The minimum atomic E-state index is 0.473. The summed E-state index contributed by atoms with van der Waals surface area (Å²) in [6.45, 7) is 9.06. The molecule has 0 bridgehead atoms. The molecule has 0 spiro atoms. The third-order valence-electron chi connectivity index (χ3n) is 12.5. The number of rotatable bonds is 6. The van der Waals surface area contributed by atoms with Gasteiger partial charge in [-0.15, -0.1) is 0 Å². The van der Waals surface area contributed by atoms with Crippen LogP contribution in [0, 0.1) is 0 Å². The fourth-order valence-corrected chi connectivity index (χ4v) is 9.43. The van der Waals surface area contributed by atoms with E-state index in [2.05, 4.69) is 207 Å². The van der Waals surface area contributed by atoms with Gasteiger partial charge in [0.2, 0.25) is 0 Å². The van der Waals surface area contributed by atoms with Gasteiger partial charge in [0.05, 0.1) is 22.1 Å². The van der Waals surface area contributed by atoms with Gasteiger partial charge in [0.15, 0.2) is 0 Å². The molecule has 0 N–H and O–H groups in total. The van der Waals surface area contributed by atoms with Crippen LogP contribution in [0.15, 0.2) is 170 Å². The lowest BCUT2D eigenvalue weighted by Gasteiger charge is -2.12. The number of nitrogens with zero attached hydrogens (tertiary/aromatic N) is 2. The van der Waals surface area contributed by atoms with Gasteiger partial charge in [-0.25, -0.2) is 0 Å². The lowest BCUT2D eigenvalue weighted by molar-refractivity contribution is 0.864. The first-order valence-electron chi connectivity index (χ1n) is 20.4. The second-order valence-corrected chi connectivity index (χ2v) is 16.6. The quantitative estimate of drug-likeness (QED) is 0.161. The van der Waals surface area contributed by atoms with Crippen LogP contribution < -0.4 is 0 Å². The summed E-state index contributed by atoms with van der Waals surface area (Å²) >= 11 is 0. The Balaban J connectivity index is 0.992. The molecule has 0 atom stereocenters. The van der Waals surface area contributed by atoms with Crippen molar-refractivity contribution in [2.45, 2.75) is 46.0 Å². The number of hydrogen-bond donors (Lipinski definition) is 0. The van der Waals surface area contributed by atoms with E-state index in [1.807, 2.05) is 0 Å². The maximum Gasteiger partial charge on any atom is 0.0541 e. The van der Waals surface area contributed by atoms with Crippen LogP contribution in [0.2, 0.25) is 0 Å². The van der Waals surface area contributed by atoms with Gasteiger partial charge in [0.25, 0.3) is 0 Å². The number of fused-ring (bicyclic) bond motifs is 9. The van der Waals surface area contributed by atoms with Crippen molar-refractivity contribution >= 4 is 43.6 Å². The van der Waals surface area contributed by atoms with E-state index in [9.17, 15) is 0 Å². The van der Waals surface area contributed by atoms with Crippen LogP contribution in [-0.2, 0) is 6.42 Å². The number of hydrogen-bond acceptors (Lipinski definition) is 0. The van der Waals surface area contributed by atoms with Crippen molar-refractivity contribution in [3.05, 3.63) is 192 Å². The fraction of sp³-hybridized carbons (Fsp3) is 0.127. The summed E-state index contributed by atoms with van der Waals surface area (Å²) < 4.78 is 4.86. The molecule has 0 fully saturated rings. The monoisotopic (exact) mass is 732 g/mol. The molecule has 2 heterocycles. The SMILES string of the molecule is CC(C)c1cccc(-n2c3ccccc3c3cc(-c4ccc5c(c4)-c4cc(-c6ccc7c(c6)c6ccccc6n7-c6cccc(C(C)C)c6)ccc4C5)ccc32)c1. The van der Waals surface area contributed by atoms with Crippen LogP contribution in [0.4, 0.5) is 0 Å². The Kier molecular flexibility index (Phi) is 7.66. The molecule has 57 heavy (non-hydrogen) atoms. The van der Waals surface area contributed by atoms with Crippen LogP contribution in [-0.4, -0.2) is 9.13 Å². The maximum absolute atomic E-state index is 2.43. The second-order valence-electron chi connectivity index (χ2n) is 16.6. The van der Waals surface area contributed by atoms with Gasteiger partial charge < -0.3 is 9.13 Å². The summed E-state index contributed by atoms with van der Waals surface area (Å²) in [5, 5.41) is 5.13. The predicted molar refractivity (Wildman–Crippen MR) is 242 cm³/mol. The molecule has 11 rings (SSSR count). The van der Waals surface area contributed by atoms with E-state index < -0.39 is 0 Å². The average molecular weight is 733 g/mol. The third-order valence-corrected chi connectivity index (χ3v) is 12.5. The standard InChI is InChI=1S/C55H44N2/c1-34(2)36-11-9-13-44(28-36)56-52-17-7-5-15-46(52)50-32-40(23-25-54(50)56)38-19-21-42-27-43-22-20-39(31-49(43)48(42)30-38)41-24-26-55-51(33-41)47-16-6-8-18-53(47)57(55)45-14-10-12-37(29-45)35(3)4/h5-26,28-35H,27H2,1-4H3. The molecule has 2 heteroatoms. The van der Waals surface area contributed by atoms with E-state index in [1.54, 1.807) is 0 Å². The molecule has 274 valence electrons. The zero-order valence-corrected chi connectivity index (χ0v) is 32.9. The molecule has 0 unspecified atom stereocenters. The summed E-state index contributed by atoms with van der Waals surface area (Å²) in [6, 6.07) is 64.0. The highest BCUT2D eigenvalue weighted by molar-refractivity contribution is 6.11. The highest BCUT2D eigenvalue weighted by atomic mass is 15.0. The Morgan fingerprint density at radius 1 is 0.351 bits per heavy atom. The van der Waals surface area contributed by atoms with Crippen molar-refractivity contribution in [2.24, 2.45) is 0 Å². The highest BCUT2D eigenvalue weighted by Gasteiger charge is 2.22. The molecular formula is C55H44N2. The van der Waals surface area contributed by atoms with Gasteiger partial charge in [-0.1, -0.05) is 125 Å². The fourth-order valence-electron chi connectivity index (χ4n) is 9.43. The van der Waals surface area contributed by atoms with Gasteiger partial charge in [-0.05, 0) is 147 Å². The predicted octanol–water partition coefficient (Wildman–Crippen LogP) is 15.0. The van der Waals surface area contributed by atoms with Gasteiger partial charge >= 0.3 is 0 Å². The normalized spacial score (nSPS) is 12.5. The van der Waals surface area contributed by atoms with E-state index >= 15 is 0 Å². The molecule has 8 aromatic carbocycles. The Labute approximate surface area is 334 Å². The molecule has 0 saturated carbocycles. The van der Waals surface area contributed by atoms with Crippen molar-refractivity contribution in [3.63, 3.8) is 0 Å². The van der Waals surface area contributed by atoms with Gasteiger partial charge in [-0.2, -0.15) is 0 Å². The zero-order valence-electron chi connectivity index (χ0n) is 32.9. The smallest absolute Gasteiger partial charge is 0.0541 e. The molecule has 0 amide bonds. The Morgan fingerprint density at radius 3 is 1.21 bits per heavy atom. The first-order chi connectivity index (χ1) is 27.9. The van der Waals surface area contributed by atoms with E-state index in [0.717, 1.165) is 6.42 Å². The third kappa shape index (κ3) is 5.39. The molecule has 1 aliphatic carbocycles. The molecule has 0 saturated heterocycles. The Hall–Kier alpha value is -6.64. The van der Waals surface area contributed by atoms with E-state index in [1.165, 1.54) is 111 Å². The van der Waals surface area contributed by atoms with Crippen LogP contribution in [0.1, 0.15) is 61.8 Å². The Morgan fingerprint density at radius 2 is 0.754 bits per heavy atom. The van der Waals surface area contributed by atoms with Crippen molar-refractivity contribution in [2.75, 3.05) is 0 Å². The summed E-state index contributed by atoms with van der Waals surface area (Å²) in [7, 11) is 0. The summed E-state index contributed by atoms with van der Waals surface area (Å²) in [5.41, 5.74) is 20.6. The molecule has 10 aromatic rings. The van der Waals surface area contributed by atoms with Crippen LogP contribution >= 0.6 is 0 Å². The first-order valence-corrected chi connectivity index (χ1v) is 20.4. The summed E-state index contributed by atoms with van der Waals surface area (Å²) in [4.78, 5) is 0. The van der Waals surface area contributed by atoms with Crippen molar-refractivity contribution < 1.29 is 0 Å². The van der Waals surface area contributed by atoms with Crippen LogP contribution in [0.25, 0.3) is 88.4 Å². The van der Waals surface area contributed by atoms with Crippen LogP contribution in [0.3, 0.4) is 0 Å². The molecule has 1 aliphatic rings. The molecular weight excluding hydrogens is 689 g/mol. The largest absolute Gasteiger partial charge is 0.309 e. The summed E-state index contributed by atoms with van der Waals surface area (Å²) in [5.74, 6) is 0.946. The lowest BCUT2D eigenvalue weighted by atomic mass is 9.95. The molecule has 2 nitrogen and oxygen atoms in total. The van der Waals surface area contributed by atoms with Crippen LogP contribution in [0.5, 0.6) is 0 Å². The van der Waals surface area contributed by atoms with E-state index in [4.69, 9.17) is 0 Å². The number of aromatic nitrogens is 2. The minimum Gasteiger partial charge on any atom is -0.309 e. The summed E-state index contributed by atoms with van der Waals surface area (Å²) in [6.07, 6.45) is 0.967. The highest BCUT2D eigenvalue weighted by Crippen LogP contribution is 2.43. The van der Waals surface area contributed by atoms with E-state index in [0.29, 0.717) is 11.8 Å². The number of para-hydroxylation sites is 2. The lowest BCUT2D eigenvalue weighted by Crippen LogP contribution is -1.96. The topological polar surface area (TPSA) is 9.86 Å². The molecule has 2 aromatic heterocycles. The molecule has 0 radical (unpaired) electrons. The van der Waals surface area contributed by atoms with Gasteiger partial charge in [0, 0.05) is 32.9 Å². The van der Waals surface area contributed by atoms with Gasteiger partial charge in [0.1, 0.15) is 0 Å². The van der Waals surface area contributed by atoms with Crippen molar-refractivity contribution in [3.8, 4) is 44.8 Å². The van der Waals surface area contributed by atoms with Crippen molar-refractivity contribution in [1.82, 2.24) is 9.13 Å².